The summed E-state index contributed by atoms with van der Waals surface area (Å²) in [6, 6.07) is 21.1. The number of ether oxygens (including phenoxy) is 1. The molecule has 6 nitrogen and oxygen atoms in total. The zero-order chi connectivity index (χ0) is 23.7. The zero-order valence-electron chi connectivity index (χ0n) is 18.5. The first-order valence-corrected chi connectivity index (χ1v) is 11.3. The molecule has 34 heavy (non-hydrogen) atoms. The minimum absolute atomic E-state index is 0.229. The molecule has 3 aromatic carbocycles. The van der Waals surface area contributed by atoms with E-state index in [1.54, 1.807) is 29.3 Å². The number of carbonyl (C=O) groups is 1. The van der Waals surface area contributed by atoms with E-state index in [1.165, 1.54) is 0 Å². The maximum Gasteiger partial charge on any atom is 0.262 e. The number of aromatic nitrogens is 2. The van der Waals surface area contributed by atoms with E-state index in [1.807, 2.05) is 48.1 Å². The van der Waals surface area contributed by atoms with Crippen molar-refractivity contribution in [3.8, 4) is 17.5 Å². The Balaban J connectivity index is 1.48. The Morgan fingerprint density at radius 2 is 1.97 bits per heavy atom. The molecule has 168 valence electrons. The Labute approximate surface area is 202 Å². The molecule has 7 heteroatoms. The van der Waals surface area contributed by atoms with Gasteiger partial charge in [-0.15, -0.1) is 0 Å². The zero-order valence-corrected chi connectivity index (χ0v) is 19.3. The number of benzene rings is 3. The van der Waals surface area contributed by atoms with Crippen LogP contribution >= 0.6 is 11.6 Å². The van der Waals surface area contributed by atoms with Crippen molar-refractivity contribution in [3.63, 3.8) is 0 Å². The van der Waals surface area contributed by atoms with E-state index < -0.39 is 0 Å². The van der Waals surface area contributed by atoms with Crippen LogP contribution in [-0.4, -0.2) is 28.8 Å². The first-order chi connectivity index (χ1) is 16.5. The van der Waals surface area contributed by atoms with Gasteiger partial charge in [0.05, 0.1) is 34.1 Å². The molecule has 4 aromatic rings. The highest BCUT2D eigenvalue weighted by molar-refractivity contribution is 6.34. The van der Waals surface area contributed by atoms with E-state index >= 15 is 0 Å². The Morgan fingerprint density at radius 1 is 1.15 bits per heavy atom. The molecule has 2 heterocycles. The summed E-state index contributed by atoms with van der Waals surface area (Å²) < 4.78 is 7.74. The third-order valence-corrected chi connectivity index (χ3v) is 6.27. The van der Waals surface area contributed by atoms with E-state index in [0.29, 0.717) is 47.2 Å². The minimum Gasteiger partial charge on any atom is -0.491 e. The van der Waals surface area contributed by atoms with Gasteiger partial charge in [-0.05, 0) is 72.5 Å². The van der Waals surface area contributed by atoms with Crippen LogP contribution in [0, 0.1) is 18.3 Å². The number of nitrogens with zero attached hydrogens (tertiary/aromatic N) is 4. The van der Waals surface area contributed by atoms with Gasteiger partial charge in [0, 0.05) is 12.4 Å². The maximum atomic E-state index is 13.6. The van der Waals surface area contributed by atoms with Crippen LogP contribution in [0.1, 0.15) is 32.6 Å². The fraction of sp³-hybridized carbons (Fsp3) is 0.148. The van der Waals surface area contributed by atoms with Crippen LogP contribution in [0.2, 0.25) is 5.02 Å². The van der Waals surface area contributed by atoms with Crippen LogP contribution in [0.3, 0.4) is 0 Å². The summed E-state index contributed by atoms with van der Waals surface area (Å²) in [6.07, 6.45) is 4.32. The van der Waals surface area contributed by atoms with E-state index in [2.05, 4.69) is 23.3 Å². The lowest BCUT2D eigenvalue weighted by atomic mass is 9.97. The lowest BCUT2D eigenvalue weighted by molar-refractivity contribution is 0.0989. The number of nitriles is 1. The molecule has 1 aliphatic rings. The molecule has 1 amide bonds. The molecule has 0 spiro atoms. The second kappa shape index (κ2) is 9.05. The number of hydrogen-bond donors (Lipinski definition) is 0. The normalized spacial score (nSPS) is 13.1. The van der Waals surface area contributed by atoms with Crippen molar-refractivity contribution < 1.29 is 9.53 Å². The highest BCUT2D eigenvalue weighted by atomic mass is 35.5. The lowest BCUT2D eigenvalue weighted by Crippen LogP contribution is -2.33. The average Bonchev–Trinajstić information content (AvgIpc) is 3.34. The van der Waals surface area contributed by atoms with Gasteiger partial charge < -0.3 is 9.64 Å². The Bertz CT molecular complexity index is 1410. The molecule has 0 saturated heterocycles. The van der Waals surface area contributed by atoms with Gasteiger partial charge in [0.15, 0.2) is 0 Å². The number of amides is 1. The van der Waals surface area contributed by atoms with Crippen LogP contribution < -0.4 is 9.64 Å². The SMILES string of the molecule is Cc1cc2c(cc1Cc1ccc(-n3cccn3)cc1)C(=O)N(c1c(Cl)cccc1C#N)CCO2. The minimum atomic E-state index is -0.229. The van der Waals surface area contributed by atoms with Gasteiger partial charge in [-0.25, -0.2) is 4.68 Å². The van der Waals surface area contributed by atoms with Crippen LogP contribution in [0.25, 0.3) is 5.69 Å². The maximum absolute atomic E-state index is 13.6. The molecule has 0 saturated carbocycles. The average molecular weight is 469 g/mol. The molecule has 0 aliphatic carbocycles. The monoisotopic (exact) mass is 468 g/mol. The summed E-state index contributed by atoms with van der Waals surface area (Å²) in [5, 5.41) is 14.2. The predicted octanol–water partition coefficient (Wildman–Crippen LogP) is 5.34. The standard InChI is InChI=1S/C27H21ClN4O2/c1-18-14-25-23(16-21(18)15-19-6-8-22(9-7-19)32-11-3-10-30-32)27(33)31(12-13-34-25)26-20(17-29)4-2-5-24(26)28/h2-11,14,16H,12-13,15H2,1H3. The van der Waals surface area contributed by atoms with Gasteiger partial charge >= 0.3 is 0 Å². The second-order valence-corrected chi connectivity index (χ2v) is 8.53. The number of halogens is 1. The predicted molar refractivity (Wildman–Crippen MR) is 131 cm³/mol. The molecule has 0 radical (unpaired) electrons. The van der Waals surface area contributed by atoms with Gasteiger partial charge in [0.25, 0.3) is 5.91 Å². The first-order valence-electron chi connectivity index (χ1n) is 10.9. The molecular formula is C27H21ClN4O2. The summed E-state index contributed by atoms with van der Waals surface area (Å²) >= 11 is 6.41. The summed E-state index contributed by atoms with van der Waals surface area (Å²) in [5.41, 5.74) is 5.43. The molecule has 0 bridgehead atoms. The van der Waals surface area contributed by atoms with Crippen LogP contribution in [-0.2, 0) is 6.42 Å². The smallest absolute Gasteiger partial charge is 0.262 e. The molecular weight excluding hydrogens is 448 g/mol. The summed E-state index contributed by atoms with van der Waals surface area (Å²) in [7, 11) is 0. The first kappa shape index (κ1) is 21.7. The summed E-state index contributed by atoms with van der Waals surface area (Å²) in [6.45, 7) is 2.63. The number of hydrogen-bond acceptors (Lipinski definition) is 4. The van der Waals surface area contributed by atoms with E-state index in [-0.39, 0.29) is 5.91 Å². The highest BCUT2D eigenvalue weighted by Crippen LogP contribution is 2.35. The van der Waals surface area contributed by atoms with Crippen LogP contribution in [0.4, 0.5) is 5.69 Å². The molecule has 0 fully saturated rings. The third kappa shape index (κ3) is 4.02. The fourth-order valence-electron chi connectivity index (χ4n) is 4.20. The van der Waals surface area contributed by atoms with Gasteiger partial charge in [0.2, 0.25) is 0 Å². The number of para-hydroxylation sites is 1. The summed E-state index contributed by atoms with van der Waals surface area (Å²) in [4.78, 5) is 15.2. The van der Waals surface area contributed by atoms with Gasteiger partial charge in [0.1, 0.15) is 18.4 Å². The second-order valence-electron chi connectivity index (χ2n) is 8.12. The Morgan fingerprint density at radius 3 is 2.71 bits per heavy atom. The van der Waals surface area contributed by atoms with Crippen molar-refractivity contribution in [2.45, 2.75) is 13.3 Å². The van der Waals surface area contributed by atoms with Gasteiger partial charge in [-0.3, -0.25) is 4.79 Å². The van der Waals surface area contributed by atoms with E-state index in [0.717, 1.165) is 22.4 Å². The molecule has 5 rings (SSSR count). The Hall–Kier alpha value is -4.08. The molecule has 0 unspecified atom stereocenters. The number of rotatable bonds is 4. The fourth-order valence-corrected chi connectivity index (χ4v) is 4.47. The molecule has 0 N–H and O–H groups in total. The Kier molecular flexibility index (Phi) is 5.79. The van der Waals surface area contributed by atoms with Crippen molar-refractivity contribution in [1.29, 1.82) is 5.26 Å². The van der Waals surface area contributed by atoms with Crippen LogP contribution in [0.5, 0.6) is 5.75 Å². The van der Waals surface area contributed by atoms with E-state index in [4.69, 9.17) is 16.3 Å². The largest absolute Gasteiger partial charge is 0.491 e. The van der Waals surface area contributed by atoms with Gasteiger partial charge in [-0.1, -0.05) is 29.8 Å². The van der Waals surface area contributed by atoms with Crippen molar-refractivity contribution in [2.24, 2.45) is 0 Å². The number of fused-ring (bicyclic) bond motifs is 1. The topological polar surface area (TPSA) is 71.2 Å². The quantitative estimate of drug-likeness (QED) is 0.405. The lowest BCUT2D eigenvalue weighted by Gasteiger charge is -2.22. The number of carbonyl (C=O) groups excluding carboxylic acids is 1. The number of aryl methyl sites for hydroxylation is 1. The molecule has 1 aromatic heterocycles. The molecule has 1 aliphatic heterocycles. The van der Waals surface area contributed by atoms with Crippen molar-refractivity contribution in [2.75, 3.05) is 18.1 Å². The molecule has 0 atom stereocenters. The van der Waals surface area contributed by atoms with Crippen molar-refractivity contribution in [3.05, 3.63) is 106 Å². The van der Waals surface area contributed by atoms with Crippen molar-refractivity contribution >= 4 is 23.2 Å². The third-order valence-electron chi connectivity index (χ3n) is 5.96. The van der Waals surface area contributed by atoms with Crippen LogP contribution in [0.15, 0.2) is 73.1 Å². The summed E-state index contributed by atoms with van der Waals surface area (Å²) in [5.74, 6) is 0.320. The number of anilines is 1. The highest BCUT2D eigenvalue weighted by Gasteiger charge is 2.28. The van der Waals surface area contributed by atoms with Gasteiger partial charge in [-0.2, -0.15) is 10.4 Å². The van der Waals surface area contributed by atoms with E-state index in [9.17, 15) is 10.1 Å². The van der Waals surface area contributed by atoms with Crippen molar-refractivity contribution in [1.82, 2.24) is 9.78 Å².